The number of benzene rings is 1. The van der Waals surface area contributed by atoms with Crippen molar-refractivity contribution in [1.82, 2.24) is 10.2 Å². The molecule has 0 aliphatic carbocycles. The van der Waals surface area contributed by atoms with Crippen molar-refractivity contribution in [3.05, 3.63) is 45.9 Å². The minimum absolute atomic E-state index is 0.543. The van der Waals surface area contributed by atoms with Gasteiger partial charge in [-0.05, 0) is 19.4 Å². The maximum atomic E-state index is 11.1. The van der Waals surface area contributed by atoms with Gasteiger partial charge in [0.25, 0.3) is 0 Å². The minimum Gasteiger partial charge on any atom is -0.481 e. The molecule has 0 aliphatic rings. The second-order valence-corrected chi connectivity index (χ2v) is 5.66. The van der Waals surface area contributed by atoms with Gasteiger partial charge in [0, 0.05) is 6.42 Å². The van der Waals surface area contributed by atoms with Gasteiger partial charge < -0.3 is 5.11 Å². The Morgan fingerprint density at radius 1 is 1.28 bits per heavy atom. The van der Waals surface area contributed by atoms with Crippen LogP contribution < -0.4 is 0 Å². The molecule has 2 aromatic rings. The minimum atomic E-state index is -0.980. The lowest BCUT2D eigenvalue weighted by molar-refractivity contribution is -0.142. The summed E-state index contributed by atoms with van der Waals surface area (Å²) in [7, 11) is 0. The lowest BCUT2D eigenvalue weighted by atomic mass is 9.95. The molecule has 1 heterocycles. The highest BCUT2D eigenvalue weighted by atomic mass is 32.1. The Kier molecular flexibility index (Phi) is 3.43. The van der Waals surface area contributed by atoms with Crippen molar-refractivity contribution in [1.29, 1.82) is 0 Å². The summed E-state index contributed by atoms with van der Waals surface area (Å²) >= 11 is 1.36. The third-order valence-corrected chi connectivity index (χ3v) is 3.98. The van der Waals surface area contributed by atoms with Crippen LogP contribution in [0.5, 0.6) is 0 Å². The lowest BCUT2D eigenvalue weighted by Crippen LogP contribution is -2.28. The van der Waals surface area contributed by atoms with Gasteiger partial charge in [-0.2, -0.15) is 0 Å². The number of rotatable bonds is 4. The lowest BCUT2D eigenvalue weighted by Gasteiger charge is -2.13. The van der Waals surface area contributed by atoms with Gasteiger partial charge in [0.15, 0.2) is 0 Å². The van der Waals surface area contributed by atoms with E-state index in [1.165, 1.54) is 11.3 Å². The van der Waals surface area contributed by atoms with Crippen LogP contribution in [0.25, 0.3) is 0 Å². The summed E-state index contributed by atoms with van der Waals surface area (Å²) in [6.45, 7) is 3.28. The normalized spacial score (nSPS) is 11.4. The van der Waals surface area contributed by atoms with Gasteiger partial charge >= 0.3 is 5.97 Å². The third kappa shape index (κ3) is 2.56. The summed E-state index contributed by atoms with van der Waals surface area (Å²) in [4.78, 5) is 11.1. The van der Waals surface area contributed by atoms with Crippen molar-refractivity contribution < 1.29 is 9.90 Å². The van der Waals surface area contributed by atoms with E-state index in [0.29, 0.717) is 11.4 Å². The third-order valence-electron chi connectivity index (χ3n) is 2.73. The summed E-state index contributed by atoms with van der Waals surface area (Å²) in [6, 6.07) is 9.94. The monoisotopic (exact) mass is 262 g/mol. The average molecular weight is 262 g/mol. The zero-order chi connectivity index (χ0) is 13.2. The van der Waals surface area contributed by atoms with E-state index < -0.39 is 11.4 Å². The van der Waals surface area contributed by atoms with Gasteiger partial charge in [-0.15, -0.1) is 10.2 Å². The summed E-state index contributed by atoms with van der Waals surface area (Å²) in [5.41, 5.74) is 0.167. The summed E-state index contributed by atoms with van der Waals surface area (Å²) in [6.07, 6.45) is 0.689. The molecule has 0 atom stereocenters. The Labute approximate surface area is 109 Å². The first-order valence-corrected chi connectivity index (χ1v) is 6.42. The summed E-state index contributed by atoms with van der Waals surface area (Å²) < 4.78 is 0. The van der Waals surface area contributed by atoms with E-state index in [-0.39, 0.29) is 0 Å². The van der Waals surface area contributed by atoms with Crippen LogP contribution >= 0.6 is 11.3 Å². The second kappa shape index (κ2) is 4.86. The van der Waals surface area contributed by atoms with Crippen molar-refractivity contribution >= 4 is 17.3 Å². The molecule has 1 aromatic heterocycles. The fourth-order valence-electron chi connectivity index (χ4n) is 1.44. The summed E-state index contributed by atoms with van der Waals surface area (Å²) in [5, 5.41) is 18.6. The van der Waals surface area contributed by atoms with Crippen molar-refractivity contribution in [2.75, 3.05) is 0 Å². The molecule has 0 unspecified atom stereocenters. The van der Waals surface area contributed by atoms with E-state index in [1.54, 1.807) is 13.8 Å². The van der Waals surface area contributed by atoms with Crippen molar-refractivity contribution in [2.45, 2.75) is 25.7 Å². The van der Waals surface area contributed by atoms with Crippen LogP contribution in [0.3, 0.4) is 0 Å². The van der Waals surface area contributed by atoms with Crippen LogP contribution in [-0.2, 0) is 16.6 Å². The number of aliphatic carboxylic acids is 1. The van der Waals surface area contributed by atoms with Crippen molar-refractivity contribution in [3.63, 3.8) is 0 Å². The first-order chi connectivity index (χ1) is 8.50. The molecule has 2 rings (SSSR count). The predicted molar refractivity (Wildman–Crippen MR) is 69.8 cm³/mol. The molecule has 94 valence electrons. The molecular weight excluding hydrogens is 248 g/mol. The SMILES string of the molecule is CC(C)(C(=O)O)c1nnc(Cc2ccccc2)s1. The highest BCUT2D eigenvalue weighted by molar-refractivity contribution is 7.11. The van der Waals surface area contributed by atoms with Gasteiger partial charge in [-0.1, -0.05) is 41.7 Å². The second-order valence-electron chi connectivity index (χ2n) is 4.59. The molecule has 1 N–H and O–H groups in total. The molecule has 0 bridgehead atoms. The number of hydrogen-bond donors (Lipinski definition) is 1. The van der Waals surface area contributed by atoms with Crippen molar-refractivity contribution in [3.8, 4) is 0 Å². The van der Waals surface area contributed by atoms with E-state index in [9.17, 15) is 4.79 Å². The first kappa shape index (κ1) is 12.7. The van der Waals surface area contributed by atoms with Crippen molar-refractivity contribution in [2.24, 2.45) is 0 Å². The molecule has 5 heteroatoms. The number of nitrogens with zero attached hydrogens (tertiary/aromatic N) is 2. The van der Waals surface area contributed by atoms with Crippen LogP contribution in [0.1, 0.15) is 29.4 Å². The maximum Gasteiger partial charge on any atom is 0.316 e. The van der Waals surface area contributed by atoms with E-state index >= 15 is 0 Å². The quantitative estimate of drug-likeness (QED) is 0.919. The van der Waals surface area contributed by atoms with Crippen LogP contribution in [0.2, 0.25) is 0 Å². The zero-order valence-electron chi connectivity index (χ0n) is 10.3. The highest BCUT2D eigenvalue weighted by Gasteiger charge is 2.33. The molecule has 0 fully saturated rings. The number of carboxylic acids is 1. The molecule has 0 saturated carbocycles. The zero-order valence-corrected chi connectivity index (χ0v) is 11.1. The van der Waals surface area contributed by atoms with Gasteiger partial charge in [-0.25, -0.2) is 0 Å². The fraction of sp³-hybridized carbons (Fsp3) is 0.308. The van der Waals surface area contributed by atoms with E-state index in [0.717, 1.165) is 10.6 Å². The largest absolute Gasteiger partial charge is 0.481 e. The molecule has 1 aromatic carbocycles. The summed E-state index contributed by atoms with van der Waals surface area (Å²) in [5.74, 6) is -0.884. The van der Waals surface area contributed by atoms with E-state index in [4.69, 9.17) is 5.11 Å². The van der Waals surface area contributed by atoms with Gasteiger partial charge in [-0.3, -0.25) is 4.79 Å². The molecule has 0 radical (unpaired) electrons. The Balaban J connectivity index is 2.19. The molecule has 0 spiro atoms. The first-order valence-electron chi connectivity index (χ1n) is 5.60. The molecule has 18 heavy (non-hydrogen) atoms. The molecule has 0 amide bonds. The maximum absolute atomic E-state index is 11.1. The van der Waals surface area contributed by atoms with Gasteiger partial charge in [0.2, 0.25) is 0 Å². The fourth-order valence-corrected chi connectivity index (χ4v) is 2.41. The van der Waals surface area contributed by atoms with Crippen LogP contribution in [-0.4, -0.2) is 21.3 Å². The number of carboxylic acid groups (broad SMARTS) is 1. The topological polar surface area (TPSA) is 63.1 Å². The van der Waals surface area contributed by atoms with E-state index in [1.807, 2.05) is 30.3 Å². The van der Waals surface area contributed by atoms with Crippen LogP contribution in [0.4, 0.5) is 0 Å². The predicted octanol–water partition coefficient (Wildman–Crippen LogP) is 2.49. The van der Waals surface area contributed by atoms with Crippen LogP contribution in [0, 0.1) is 0 Å². The molecule has 0 saturated heterocycles. The van der Waals surface area contributed by atoms with Crippen LogP contribution in [0.15, 0.2) is 30.3 Å². The molecule has 0 aliphatic heterocycles. The molecular formula is C13H14N2O2S. The van der Waals surface area contributed by atoms with Gasteiger partial charge in [0.1, 0.15) is 15.4 Å². The Morgan fingerprint density at radius 3 is 2.56 bits per heavy atom. The number of aromatic nitrogens is 2. The number of carbonyl (C=O) groups is 1. The highest BCUT2D eigenvalue weighted by Crippen LogP contribution is 2.27. The smallest absolute Gasteiger partial charge is 0.316 e. The van der Waals surface area contributed by atoms with Gasteiger partial charge in [0.05, 0.1) is 0 Å². The Hall–Kier alpha value is -1.75. The Bertz CT molecular complexity index is 549. The standard InChI is InChI=1S/C13H14N2O2S/c1-13(2,12(16)17)11-15-14-10(18-11)8-9-6-4-3-5-7-9/h3-7H,8H2,1-2H3,(H,16,17). The number of hydrogen-bond acceptors (Lipinski definition) is 4. The Morgan fingerprint density at radius 2 is 1.94 bits per heavy atom. The van der Waals surface area contributed by atoms with E-state index in [2.05, 4.69) is 10.2 Å². The molecule has 4 nitrogen and oxygen atoms in total. The average Bonchev–Trinajstić information content (AvgIpc) is 2.79.